The van der Waals surface area contributed by atoms with Crippen molar-refractivity contribution in [2.45, 2.75) is 51.0 Å². The van der Waals surface area contributed by atoms with Gasteiger partial charge in [0, 0.05) is 42.5 Å². The third-order valence-corrected chi connectivity index (χ3v) is 5.88. The quantitative estimate of drug-likeness (QED) is 0.862. The molecule has 1 aliphatic carbocycles. The fourth-order valence-electron chi connectivity index (χ4n) is 3.08. The third-order valence-electron chi connectivity index (χ3n) is 4.74. The average Bonchev–Trinajstić information content (AvgIpc) is 2.37. The van der Waals surface area contributed by atoms with Crippen molar-refractivity contribution < 1.29 is 9.53 Å². The summed E-state index contributed by atoms with van der Waals surface area (Å²) in [5, 5.41) is 0.507. The van der Waals surface area contributed by atoms with Crippen molar-refractivity contribution in [1.29, 1.82) is 0 Å². The van der Waals surface area contributed by atoms with Crippen LogP contribution in [0, 0.1) is 5.41 Å². The maximum Gasteiger partial charge on any atom is 0.243 e. The minimum absolute atomic E-state index is 0. The van der Waals surface area contributed by atoms with Crippen molar-refractivity contribution in [3.63, 3.8) is 0 Å². The van der Waals surface area contributed by atoms with Crippen molar-refractivity contribution in [2.24, 2.45) is 11.1 Å². The highest BCUT2D eigenvalue weighted by Gasteiger charge is 2.63. The van der Waals surface area contributed by atoms with Gasteiger partial charge in [-0.25, -0.2) is 0 Å². The molecule has 0 radical (unpaired) electrons. The first-order valence-corrected chi connectivity index (χ1v) is 8.19. The van der Waals surface area contributed by atoms with E-state index in [1.54, 1.807) is 0 Å². The summed E-state index contributed by atoms with van der Waals surface area (Å²) in [5.74, 6) is 1.12. The Kier molecular flexibility index (Phi) is 5.81. The van der Waals surface area contributed by atoms with E-state index in [1.807, 2.05) is 23.6 Å². The lowest BCUT2D eigenvalue weighted by Gasteiger charge is -2.59. The number of carbonyl (C=O) groups excluding carboxylic acids is 1. The lowest BCUT2D eigenvalue weighted by atomic mass is 9.54. The Hall–Kier alpha value is 0.0300. The van der Waals surface area contributed by atoms with Crippen molar-refractivity contribution in [1.82, 2.24) is 4.90 Å². The second kappa shape index (κ2) is 6.42. The normalized spacial score (nSPS) is 36.0. The van der Waals surface area contributed by atoms with Crippen LogP contribution < -0.4 is 5.73 Å². The SMILES string of the molecule is CCOC1CC(N)(C(=O)N2CCSC(C)C2)C1(C)C.Cl. The molecule has 2 aliphatic rings. The van der Waals surface area contributed by atoms with E-state index in [1.165, 1.54) is 0 Å². The topological polar surface area (TPSA) is 55.6 Å². The summed E-state index contributed by atoms with van der Waals surface area (Å²) in [6, 6.07) is 0. The van der Waals surface area contributed by atoms with Crippen LogP contribution in [0.4, 0.5) is 0 Å². The number of amides is 1. The van der Waals surface area contributed by atoms with Gasteiger partial charge in [0.05, 0.1) is 6.10 Å². The summed E-state index contributed by atoms with van der Waals surface area (Å²) >= 11 is 1.92. The van der Waals surface area contributed by atoms with Gasteiger partial charge in [0.1, 0.15) is 5.54 Å². The van der Waals surface area contributed by atoms with Crippen LogP contribution in [0.3, 0.4) is 0 Å². The molecule has 0 aromatic carbocycles. The second-order valence-electron chi connectivity index (χ2n) is 6.27. The van der Waals surface area contributed by atoms with Crippen molar-refractivity contribution in [2.75, 3.05) is 25.4 Å². The lowest BCUT2D eigenvalue weighted by molar-refractivity contribution is -0.179. The first-order valence-electron chi connectivity index (χ1n) is 7.14. The van der Waals surface area contributed by atoms with Crippen LogP contribution in [0.15, 0.2) is 0 Å². The number of thioether (sulfide) groups is 1. The lowest BCUT2D eigenvalue weighted by Crippen LogP contribution is -2.76. The van der Waals surface area contributed by atoms with Crippen molar-refractivity contribution in [3.05, 3.63) is 0 Å². The van der Waals surface area contributed by atoms with Gasteiger partial charge < -0.3 is 15.4 Å². The summed E-state index contributed by atoms with van der Waals surface area (Å²) in [4.78, 5) is 14.7. The summed E-state index contributed by atoms with van der Waals surface area (Å²) in [7, 11) is 0. The predicted molar refractivity (Wildman–Crippen MR) is 86.5 cm³/mol. The number of carbonyl (C=O) groups is 1. The Labute approximate surface area is 132 Å². The van der Waals surface area contributed by atoms with E-state index in [2.05, 4.69) is 20.8 Å². The second-order valence-corrected chi connectivity index (χ2v) is 7.82. The number of rotatable bonds is 3. The zero-order chi connectivity index (χ0) is 14.3. The summed E-state index contributed by atoms with van der Waals surface area (Å²) in [5.41, 5.74) is 5.40. The smallest absolute Gasteiger partial charge is 0.243 e. The minimum Gasteiger partial charge on any atom is -0.378 e. The first-order chi connectivity index (χ1) is 8.83. The molecular formula is C14H27ClN2O2S. The average molecular weight is 323 g/mol. The zero-order valence-corrected chi connectivity index (χ0v) is 14.5. The van der Waals surface area contributed by atoms with Crippen LogP contribution >= 0.6 is 24.2 Å². The highest BCUT2D eigenvalue weighted by Crippen LogP contribution is 2.50. The van der Waals surface area contributed by atoms with Gasteiger partial charge in [-0.15, -0.1) is 12.4 Å². The Balaban J connectivity index is 0.00000200. The molecule has 20 heavy (non-hydrogen) atoms. The van der Waals surface area contributed by atoms with Crippen LogP contribution in [0.1, 0.15) is 34.1 Å². The molecular weight excluding hydrogens is 296 g/mol. The molecule has 0 spiro atoms. The van der Waals surface area contributed by atoms with Crippen molar-refractivity contribution >= 4 is 30.1 Å². The van der Waals surface area contributed by atoms with Gasteiger partial charge in [-0.3, -0.25) is 4.79 Å². The molecule has 0 aromatic heterocycles. The van der Waals surface area contributed by atoms with E-state index in [9.17, 15) is 4.79 Å². The fraction of sp³-hybridized carbons (Fsp3) is 0.929. The van der Waals surface area contributed by atoms with E-state index in [0.717, 1.165) is 18.8 Å². The number of halogens is 1. The largest absolute Gasteiger partial charge is 0.378 e. The number of ether oxygens (including phenoxy) is 1. The standard InChI is InChI=1S/C14H26N2O2S.ClH/c1-5-18-11-8-14(15,13(11,3)4)12(17)16-6-7-19-10(2)9-16;/h10-11H,5-9,15H2,1-4H3;1H. The van der Waals surface area contributed by atoms with Crippen LogP contribution in [0.2, 0.25) is 0 Å². The Morgan fingerprint density at radius 3 is 2.65 bits per heavy atom. The highest BCUT2D eigenvalue weighted by atomic mass is 35.5. The van der Waals surface area contributed by atoms with Crippen LogP contribution in [0.25, 0.3) is 0 Å². The Bertz CT molecular complexity index is 367. The van der Waals surface area contributed by atoms with Gasteiger partial charge in [-0.2, -0.15) is 11.8 Å². The molecule has 0 bridgehead atoms. The molecule has 1 saturated carbocycles. The van der Waals surface area contributed by atoms with Gasteiger partial charge in [0.2, 0.25) is 5.91 Å². The third kappa shape index (κ3) is 2.82. The molecule has 2 fully saturated rings. The Morgan fingerprint density at radius 1 is 1.50 bits per heavy atom. The zero-order valence-electron chi connectivity index (χ0n) is 12.8. The van der Waals surface area contributed by atoms with Gasteiger partial charge in [0.25, 0.3) is 0 Å². The number of hydrogen-bond acceptors (Lipinski definition) is 4. The van der Waals surface area contributed by atoms with Crippen LogP contribution in [0.5, 0.6) is 0 Å². The number of hydrogen-bond donors (Lipinski definition) is 1. The molecule has 1 aliphatic heterocycles. The van der Waals surface area contributed by atoms with E-state index < -0.39 is 5.54 Å². The molecule has 2 N–H and O–H groups in total. The maximum atomic E-state index is 12.7. The number of nitrogens with zero attached hydrogens (tertiary/aromatic N) is 1. The van der Waals surface area contributed by atoms with Crippen LogP contribution in [-0.4, -0.2) is 53.1 Å². The molecule has 0 aromatic rings. The molecule has 2 rings (SSSR count). The van der Waals surface area contributed by atoms with E-state index >= 15 is 0 Å². The molecule has 3 atom stereocenters. The fourth-order valence-corrected chi connectivity index (χ4v) is 4.10. The highest BCUT2D eigenvalue weighted by molar-refractivity contribution is 7.99. The minimum atomic E-state index is -0.755. The van der Waals surface area contributed by atoms with E-state index in [-0.39, 0.29) is 29.8 Å². The molecule has 1 saturated heterocycles. The molecule has 4 nitrogen and oxygen atoms in total. The summed E-state index contributed by atoms with van der Waals surface area (Å²) in [6.45, 7) is 10.6. The van der Waals surface area contributed by atoms with Gasteiger partial charge in [0.15, 0.2) is 0 Å². The molecule has 3 unspecified atom stereocenters. The van der Waals surface area contributed by atoms with E-state index in [0.29, 0.717) is 18.3 Å². The maximum absolute atomic E-state index is 12.7. The van der Waals surface area contributed by atoms with Gasteiger partial charge in [-0.05, 0) is 6.92 Å². The molecule has 118 valence electrons. The Morgan fingerprint density at radius 2 is 2.15 bits per heavy atom. The monoisotopic (exact) mass is 322 g/mol. The van der Waals surface area contributed by atoms with Gasteiger partial charge in [-0.1, -0.05) is 20.8 Å². The van der Waals surface area contributed by atoms with Crippen LogP contribution in [-0.2, 0) is 9.53 Å². The summed E-state index contributed by atoms with van der Waals surface area (Å²) in [6.07, 6.45) is 0.744. The number of nitrogens with two attached hydrogens (primary N) is 1. The predicted octanol–water partition coefficient (Wildman–Crippen LogP) is 1.90. The summed E-state index contributed by atoms with van der Waals surface area (Å²) < 4.78 is 5.69. The molecule has 1 heterocycles. The molecule has 1 amide bonds. The molecule has 6 heteroatoms. The van der Waals surface area contributed by atoms with Crippen molar-refractivity contribution in [3.8, 4) is 0 Å². The van der Waals surface area contributed by atoms with E-state index in [4.69, 9.17) is 10.5 Å². The van der Waals surface area contributed by atoms with Gasteiger partial charge >= 0.3 is 0 Å². The first kappa shape index (κ1) is 18.1.